The van der Waals surface area contributed by atoms with Crippen molar-refractivity contribution in [3.8, 4) is 11.5 Å². The van der Waals surface area contributed by atoms with E-state index in [-0.39, 0.29) is 4.83 Å². The predicted molar refractivity (Wildman–Crippen MR) is 86.1 cm³/mol. The van der Waals surface area contributed by atoms with Crippen molar-refractivity contribution in [1.29, 1.82) is 0 Å². The van der Waals surface area contributed by atoms with Gasteiger partial charge < -0.3 is 9.47 Å². The molecule has 0 saturated heterocycles. The monoisotopic (exact) mass is 334 g/mol. The number of rotatable bonds is 5. The summed E-state index contributed by atoms with van der Waals surface area (Å²) in [5.41, 5.74) is 3.56. The first-order valence-electron chi connectivity index (χ1n) is 6.67. The van der Waals surface area contributed by atoms with Gasteiger partial charge in [-0.3, -0.25) is 0 Å². The number of benzene rings is 2. The van der Waals surface area contributed by atoms with E-state index in [0.29, 0.717) is 6.61 Å². The Morgan fingerprint density at radius 3 is 2.25 bits per heavy atom. The fourth-order valence-corrected chi connectivity index (χ4v) is 2.74. The predicted octanol–water partition coefficient (Wildman–Crippen LogP) is 4.89. The van der Waals surface area contributed by atoms with Crippen LogP contribution in [-0.4, -0.2) is 13.7 Å². The van der Waals surface area contributed by atoms with E-state index >= 15 is 0 Å². The molecule has 0 aliphatic carbocycles. The largest absolute Gasteiger partial charge is 0.496 e. The molecule has 0 fully saturated rings. The maximum atomic E-state index is 5.46. The molecule has 2 rings (SSSR count). The molecule has 0 aliphatic rings. The van der Waals surface area contributed by atoms with Crippen LogP contribution in [0, 0.1) is 6.92 Å². The molecule has 1 atom stereocenters. The Kier molecular flexibility index (Phi) is 5.07. The van der Waals surface area contributed by atoms with Crippen LogP contribution in [0.2, 0.25) is 0 Å². The van der Waals surface area contributed by atoms with Crippen LogP contribution >= 0.6 is 15.9 Å². The van der Waals surface area contributed by atoms with Gasteiger partial charge in [-0.25, -0.2) is 0 Å². The summed E-state index contributed by atoms with van der Waals surface area (Å²) in [5.74, 6) is 1.82. The highest BCUT2D eigenvalue weighted by atomic mass is 79.9. The van der Waals surface area contributed by atoms with E-state index < -0.39 is 0 Å². The molecule has 3 heteroatoms. The number of alkyl halides is 1. The van der Waals surface area contributed by atoms with Gasteiger partial charge in [0.15, 0.2) is 0 Å². The summed E-state index contributed by atoms with van der Waals surface area (Å²) in [7, 11) is 1.69. The van der Waals surface area contributed by atoms with Gasteiger partial charge in [-0.2, -0.15) is 0 Å². The molecule has 0 N–H and O–H groups in total. The minimum absolute atomic E-state index is 0.169. The van der Waals surface area contributed by atoms with Crippen LogP contribution in [0.3, 0.4) is 0 Å². The van der Waals surface area contributed by atoms with Crippen molar-refractivity contribution in [2.24, 2.45) is 0 Å². The third-order valence-corrected chi connectivity index (χ3v) is 4.25. The quantitative estimate of drug-likeness (QED) is 0.725. The maximum absolute atomic E-state index is 5.46. The summed E-state index contributed by atoms with van der Waals surface area (Å²) in [6.45, 7) is 4.73. The number of hydrogen-bond donors (Lipinski definition) is 0. The highest BCUT2D eigenvalue weighted by Gasteiger charge is 2.12. The summed E-state index contributed by atoms with van der Waals surface area (Å²) in [4.78, 5) is 0.169. The van der Waals surface area contributed by atoms with E-state index in [1.807, 2.05) is 25.1 Å². The zero-order valence-corrected chi connectivity index (χ0v) is 13.6. The standard InChI is InChI=1S/C17H19BrO2/c1-4-20-15-8-5-13(6-9-15)17(18)14-7-10-16(19-3)12(2)11-14/h5-11,17H,4H2,1-3H3. The van der Waals surface area contributed by atoms with Gasteiger partial charge in [-0.15, -0.1) is 0 Å². The Labute approximate surface area is 128 Å². The van der Waals surface area contributed by atoms with Crippen LogP contribution in [0.25, 0.3) is 0 Å². The molecule has 1 unspecified atom stereocenters. The fourth-order valence-electron chi connectivity index (χ4n) is 2.15. The third kappa shape index (κ3) is 3.34. The Morgan fingerprint density at radius 2 is 1.70 bits per heavy atom. The molecule has 0 radical (unpaired) electrons. The fraction of sp³-hybridized carbons (Fsp3) is 0.294. The van der Waals surface area contributed by atoms with Crippen molar-refractivity contribution in [3.05, 3.63) is 59.2 Å². The molecule has 2 aromatic carbocycles. The molecule has 0 saturated carbocycles. The summed E-state index contributed by atoms with van der Waals surface area (Å²) >= 11 is 3.76. The van der Waals surface area contributed by atoms with Crippen molar-refractivity contribution in [2.75, 3.05) is 13.7 Å². The van der Waals surface area contributed by atoms with Gasteiger partial charge in [0.05, 0.1) is 18.5 Å². The van der Waals surface area contributed by atoms with E-state index in [1.165, 1.54) is 11.1 Å². The lowest BCUT2D eigenvalue weighted by Gasteiger charge is -2.14. The van der Waals surface area contributed by atoms with E-state index in [9.17, 15) is 0 Å². The molecule has 0 spiro atoms. The topological polar surface area (TPSA) is 18.5 Å². The molecular weight excluding hydrogens is 316 g/mol. The van der Waals surface area contributed by atoms with Crippen molar-refractivity contribution in [2.45, 2.75) is 18.7 Å². The summed E-state index contributed by atoms with van der Waals surface area (Å²) in [6, 6.07) is 14.4. The SMILES string of the molecule is CCOc1ccc(C(Br)c2ccc(OC)c(C)c2)cc1. The zero-order chi connectivity index (χ0) is 14.5. The molecule has 0 amide bonds. The highest BCUT2D eigenvalue weighted by Crippen LogP contribution is 2.33. The summed E-state index contributed by atoms with van der Waals surface area (Å²) in [5, 5.41) is 0. The maximum Gasteiger partial charge on any atom is 0.121 e. The van der Waals surface area contributed by atoms with Crippen molar-refractivity contribution >= 4 is 15.9 Å². The third-order valence-electron chi connectivity index (χ3n) is 3.20. The van der Waals surface area contributed by atoms with Gasteiger partial charge in [-0.05, 0) is 48.7 Å². The van der Waals surface area contributed by atoms with Crippen LogP contribution in [0.1, 0.15) is 28.4 Å². The van der Waals surface area contributed by atoms with Crippen LogP contribution in [-0.2, 0) is 0 Å². The van der Waals surface area contributed by atoms with Crippen LogP contribution in [0.15, 0.2) is 42.5 Å². The molecule has 2 aromatic rings. The number of hydrogen-bond acceptors (Lipinski definition) is 2. The Balaban J connectivity index is 2.21. The summed E-state index contributed by atoms with van der Waals surface area (Å²) in [6.07, 6.45) is 0. The van der Waals surface area contributed by atoms with Gasteiger partial charge in [0.1, 0.15) is 11.5 Å². The Hall–Kier alpha value is -1.48. The molecule has 106 valence electrons. The molecule has 0 aliphatic heterocycles. The number of halogens is 1. The van der Waals surface area contributed by atoms with Crippen LogP contribution in [0.5, 0.6) is 11.5 Å². The number of aryl methyl sites for hydroxylation is 1. The zero-order valence-electron chi connectivity index (χ0n) is 12.0. The van der Waals surface area contributed by atoms with Gasteiger partial charge in [-0.1, -0.05) is 40.2 Å². The lowest BCUT2D eigenvalue weighted by molar-refractivity contribution is 0.340. The van der Waals surface area contributed by atoms with E-state index in [0.717, 1.165) is 17.1 Å². The second-order valence-corrected chi connectivity index (χ2v) is 5.51. The normalized spacial score (nSPS) is 12.0. The van der Waals surface area contributed by atoms with E-state index in [2.05, 4.69) is 47.1 Å². The molecule has 0 aromatic heterocycles. The highest BCUT2D eigenvalue weighted by molar-refractivity contribution is 9.09. The molecular formula is C17H19BrO2. The van der Waals surface area contributed by atoms with E-state index in [4.69, 9.17) is 9.47 Å². The first-order chi connectivity index (χ1) is 9.65. The number of methoxy groups -OCH3 is 1. The molecule has 0 bridgehead atoms. The van der Waals surface area contributed by atoms with Crippen LogP contribution in [0.4, 0.5) is 0 Å². The van der Waals surface area contributed by atoms with Crippen molar-refractivity contribution < 1.29 is 9.47 Å². The first-order valence-corrected chi connectivity index (χ1v) is 7.58. The van der Waals surface area contributed by atoms with Gasteiger partial charge in [0.2, 0.25) is 0 Å². The average molecular weight is 335 g/mol. The lowest BCUT2D eigenvalue weighted by atomic mass is 10.0. The van der Waals surface area contributed by atoms with Gasteiger partial charge in [0.25, 0.3) is 0 Å². The lowest BCUT2D eigenvalue weighted by Crippen LogP contribution is -1.96. The van der Waals surface area contributed by atoms with Crippen molar-refractivity contribution in [3.63, 3.8) is 0 Å². The average Bonchev–Trinajstić information content (AvgIpc) is 2.47. The Bertz CT molecular complexity index is 564. The Morgan fingerprint density at radius 1 is 1.05 bits per heavy atom. The van der Waals surface area contributed by atoms with Gasteiger partial charge >= 0.3 is 0 Å². The second-order valence-electron chi connectivity index (χ2n) is 4.59. The first kappa shape index (κ1) is 14.9. The minimum Gasteiger partial charge on any atom is -0.496 e. The smallest absolute Gasteiger partial charge is 0.121 e. The molecule has 20 heavy (non-hydrogen) atoms. The molecule has 2 nitrogen and oxygen atoms in total. The summed E-state index contributed by atoms with van der Waals surface area (Å²) < 4.78 is 10.8. The van der Waals surface area contributed by atoms with Crippen LogP contribution < -0.4 is 9.47 Å². The van der Waals surface area contributed by atoms with Gasteiger partial charge in [0, 0.05) is 0 Å². The molecule has 0 heterocycles. The van der Waals surface area contributed by atoms with Crippen molar-refractivity contribution in [1.82, 2.24) is 0 Å². The number of ether oxygens (including phenoxy) is 2. The second kappa shape index (κ2) is 6.80. The minimum atomic E-state index is 0.169. The van der Waals surface area contributed by atoms with E-state index in [1.54, 1.807) is 7.11 Å².